The number of ether oxygens (including phenoxy) is 1. The van der Waals surface area contributed by atoms with Crippen LogP contribution in [0.3, 0.4) is 0 Å². The molecular formula is C10H20NO2. The van der Waals surface area contributed by atoms with Crippen molar-refractivity contribution < 1.29 is 9.84 Å². The van der Waals surface area contributed by atoms with Crippen LogP contribution in [0.1, 0.15) is 19.3 Å². The maximum atomic E-state index is 10.3. The first-order valence-electron chi connectivity index (χ1n) is 5.16. The van der Waals surface area contributed by atoms with Crippen LogP contribution in [0.2, 0.25) is 0 Å². The molecule has 0 aromatic heterocycles. The quantitative estimate of drug-likeness (QED) is 0.623. The molecule has 0 spiro atoms. The highest BCUT2D eigenvalue weighted by atomic mass is 16.5. The molecule has 0 aliphatic carbocycles. The van der Waals surface area contributed by atoms with Crippen molar-refractivity contribution in [3.63, 3.8) is 0 Å². The summed E-state index contributed by atoms with van der Waals surface area (Å²) in [5, 5.41) is 10.3. The second-order valence-electron chi connectivity index (χ2n) is 3.79. The molecule has 1 fully saturated rings. The van der Waals surface area contributed by atoms with Crippen LogP contribution < -0.4 is 0 Å². The molecule has 1 heterocycles. The fourth-order valence-electron chi connectivity index (χ4n) is 1.92. The summed E-state index contributed by atoms with van der Waals surface area (Å²) in [6, 6.07) is 0. The van der Waals surface area contributed by atoms with Gasteiger partial charge in [-0.05, 0) is 31.7 Å². The number of nitrogens with zero attached hydrogens (tertiary/aromatic N) is 1. The van der Waals surface area contributed by atoms with E-state index in [1.807, 2.05) is 0 Å². The van der Waals surface area contributed by atoms with Gasteiger partial charge in [0.15, 0.2) is 0 Å². The second kappa shape index (κ2) is 6.35. The van der Waals surface area contributed by atoms with E-state index >= 15 is 0 Å². The number of hydrogen-bond donors (Lipinski definition) is 0. The lowest BCUT2D eigenvalue weighted by Gasteiger charge is -2.14. The summed E-state index contributed by atoms with van der Waals surface area (Å²) in [5.74, 6) is 0.798. The third-order valence-corrected chi connectivity index (χ3v) is 2.72. The van der Waals surface area contributed by atoms with E-state index in [-0.39, 0.29) is 6.61 Å². The number of methoxy groups -OCH3 is 1. The molecule has 77 valence electrons. The summed E-state index contributed by atoms with van der Waals surface area (Å²) in [6.45, 7) is 4.28. The van der Waals surface area contributed by atoms with Gasteiger partial charge in [-0.15, -0.1) is 0 Å². The van der Waals surface area contributed by atoms with E-state index in [4.69, 9.17) is 4.74 Å². The Kier molecular flexibility index (Phi) is 5.35. The highest BCUT2D eigenvalue weighted by molar-refractivity contribution is 4.75. The predicted molar refractivity (Wildman–Crippen MR) is 51.2 cm³/mol. The number of rotatable bonds is 6. The van der Waals surface area contributed by atoms with Crippen LogP contribution in [0.15, 0.2) is 0 Å². The fraction of sp³-hybridized carbons (Fsp3) is 1.00. The van der Waals surface area contributed by atoms with Crippen LogP contribution in [0.4, 0.5) is 0 Å². The van der Waals surface area contributed by atoms with Gasteiger partial charge in [0.2, 0.25) is 0 Å². The molecule has 1 radical (unpaired) electrons. The van der Waals surface area contributed by atoms with E-state index in [1.165, 1.54) is 25.9 Å². The zero-order valence-electron chi connectivity index (χ0n) is 8.50. The van der Waals surface area contributed by atoms with Crippen LogP contribution in [-0.4, -0.2) is 44.9 Å². The Hall–Kier alpha value is -0.120. The van der Waals surface area contributed by atoms with Gasteiger partial charge in [0.05, 0.1) is 6.61 Å². The molecule has 0 amide bonds. The van der Waals surface area contributed by atoms with Crippen molar-refractivity contribution in [3.8, 4) is 0 Å². The maximum Gasteiger partial charge on any atom is 0.0834 e. The van der Waals surface area contributed by atoms with Gasteiger partial charge in [0, 0.05) is 26.8 Å². The third-order valence-electron chi connectivity index (χ3n) is 2.72. The lowest BCUT2D eigenvalue weighted by atomic mass is 10.1. The monoisotopic (exact) mass is 186 g/mol. The smallest absolute Gasteiger partial charge is 0.0834 e. The highest BCUT2D eigenvalue weighted by Crippen LogP contribution is 2.19. The summed E-state index contributed by atoms with van der Waals surface area (Å²) in [4.78, 5) is 2.40. The molecule has 0 bridgehead atoms. The Balaban J connectivity index is 2.05. The molecule has 1 rings (SSSR count). The molecule has 3 nitrogen and oxygen atoms in total. The Morgan fingerprint density at radius 3 is 3.08 bits per heavy atom. The lowest BCUT2D eigenvalue weighted by Crippen LogP contribution is -2.22. The van der Waals surface area contributed by atoms with Crippen molar-refractivity contribution in [2.24, 2.45) is 5.92 Å². The zero-order valence-corrected chi connectivity index (χ0v) is 8.50. The summed E-state index contributed by atoms with van der Waals surface area (Å²) < 4.78 is 5.05. The molecule has 1 unspecified atom stereocenters. The minimum atomic E-state index is 0.0687. The van der Waals surface area contributed by atoms with Gasteiger partial charge in [0.25, 0.3) is 0 Å². The SMILES string of the molecule is COCCC1CCN(CCC[O])C1. The third kappa shape index (κ3) is 4.07. The van der Waals surface area contributed by atoms with Gasteiger partial charge in [-0.25, -0.2) is 5.11 Å². The first kappa shape index (κ1) is 11.0. The van der Waals surface area contributed by atoms with Crippen LogP contribution in [-0.2, 0) is 9.84 Å². The lowest BCUT2D eigenvalue weighted by molar-refractivity contribution is 0.165. The average Bonchev–Trinajstić information content (AvgIpc) is 2.59. The van der Waals surface area contributed by atoms with Crippen LogP contribution >= 0.6 is 0 Å². The van der Waals surface area contributed by atoms with E-state index in [1.54, 1.807) is 7.11 Å². The fourth-order valence-corrected chi connectivity index (χ4v) is 1.92. The predicted octanol–water partition coefficient (Wildman–Crippen LogP) is 1.17. The maximum absolute atomic E-state index is 10.3. The van der Waals surface area contributed by atoms with Crippen LogP contribution in [0.5, 0.6) is 0 Å². The summed E-state index contributed by atoms with van der Waals surface area (Å²) in [6.07, 6.45) is 3.25. The van der Waals surface area contributed by atoms with E-state index < -0.39 is 0 Å². The molecule has 0 saturated carbocycles. The van der Waals surface area contributed by atoms with Gasteiger partial charge < -0.3 is 9.64 Å². The van der Waals surface area contributed by atoms with Crippen molar-refractivity contribution >= 4 is 0 Å². The Morgan fingerprint density at radius 2 is 2.38 bits per heavy atom. The molecule has 3 heteroatoms. The number of likely N-dealkylation sites (tertiary alicyclic amines) is 1. The molecule has 0 aromatic carbocycles. The molecule has 1 saturated heterocycles. The standard InChI is InChI=1S/C10H20NO2/c1-13-8-4-10-3-6-11(9-10)5-2-7-12/h10H,2-9H2,1H3. The van der Waals surface area contributed by atoms with E-state index in [2.05, 4.69) is 4.90 Å². The van der Waals surface area contributed by atoms with Gasteiger partial charge in [-0.3, -0.25) is 0 Å². The van der Waals surface area contributed by atoms with Crippen LogP contribution in [0, 0.1) is 5.92 Å². The van der Waals surface area contributed by atoms with Crippen molar-refractivity contribution in [2.75, 3.05) is 40.0 Å². The molecule has 1 aliphatic rings. The normalized spacial score (nSPS) is 24.0. The van der Waals surface area contributed by atoms with Gasteiger partial charge in [-0.2, -0.15) is 0 Å². The molecule has 0 aromatic rings. The molecule has 1 atom stereocenters. The van der Waals surface area contributed by atoms with Gasteiger partial charge >= 0.3 is 0 Å². The summed E-state index contributed by atoms with van der Waals surface area (Å²) in [5.41, 5.74) is 0. The highest BCUT2D eigenvalue weighted by Gasteiger charge is 2.21. The van der Waals surface area contributed by atoms with Gasteiger partial charge in [-0.1, -0.05) is 0 Å². The molecular weight excluding hydrogens is 166 g/mol. The zero-order chi connectivity index (χ0) is 9.52. The van der Waals surface area contributed by atoms with E-state index in [9.17, 15) is 5.11 Å². The largest absolute Gasteiger partial charge is 0.385 e. The first-order chi connectivity index (χ1) is 6.36. The second-order valence-corrected chi connectivity index (χ2v) is 3.79. The topological polar surface area (TPSA) is 32.4 Å². The van der Waals surface area contributed by atoms with E-state index in [0.717, 1.165) is 25.5 Å². The van der Waals surface area contributed by atoms with Gasteiger partial charge in [0.1, 0.15) is 0 Å². The Labute approximate surface area is 80.7 Å². The van der Waals surface area contributed by atoms with Crippen molar-refractivity contribution in [2.45, 2.75) is 19.3 Å². The summed E-state index contributed by atoms with van der Waals surface area (Å²) >= 11 is 0. The first-order valence-corrected chi connectivity index (χ1v) is 5.16. The average molecular weight is 186 g/mol. The van der Waals surface area contributed by atoms with Crippen molar-refractivity contribution in [1.82, 2.24) is 4.90 Å². The molecule has 13 heavy (non-hydrogen) atoms. The summed E-state index contributed by atoms with van der Waals surface area (Å²) in [7, 11) is 1.75. The molecule has 0 N–H and O–H groups in total. The Morgan fingerprint density at radius 1 is 1.54 bits per heavy atom. The Bertz CT molecular complexity index is 116. The van der Waals surface area contributed by atoms with E-state index in [0.29, 0.717) is 0 Å². The van der Waals surface area contributed by atoms with Crippen molar-refractivity contribution in [3.05, 3.63) is 0 Å². The molecule has 1 aliphatic heterocycles. The van der Waals surface area contributed by atoms with Crippen molar-refractivity contribution in [1.29, 1.82) is 0 Å². The minimum Gasteiger partial charge on any atom is -0.385 e. The van der Waals surface area contributed by atoms with Crippen LogP contribution in [0.25, 0.3) is 0 Å². The minimum absolute atomic E-state index is 0.0687. The number of hydrogen-bond acceptors (Lipinski definition) is 2.